The second kappa shape index (κ2) is 4.11. The van der Waals surface area contributed by atoms with Crippen LogP contribution < -0.4 is 0 Å². The Kier molecular flexibility index (Phi) is 3.66. The number of unbranched alkanes of at least 4 members (excludes halogenated alkanes) is 1. The minimum Gasteiger partial charge on any atom is -0.0864 e. The Bertz CT molecular complexity index is 122. The molecule has 0 heterocycles. The summed E-state index contributed by atoms with van der Waals surface area (Å²) in [6, 6.07) is 0. The maximum Gasteiger partial charge on any atom is 0.0000658 e. The molecule has 2 unspecified atom stereocenters. The van der Waals surface area contributed by atoms with Crippen LogP contribution in [-0.2, 0) is 0 Å². The summed E-state index contributed by atoms with van der Waals surface area (Å²) in [5.74, 6) is 1.03. The molecule has 0 nitrogen and oxygen atoms in total. The fraction of sp³-hybridized carbons (Fsp3) is 1.00. The molecule has 0 N–H and O–H groups in total. The molecule has 1 fully saturated rings. The lowest BCUT2D eigenvalue weighted by molar-refractivity contribution is 0.403. The summed E-state index contributed by atoms with van der Waals surface area (Å²) in [4.78, 5) is 0. The minimum absolute atomic E-state index is 0.803. The first kappa shape index (κ1) is 9.82. The molecular weight excluding hydrogens is 247 g/mol. The molecule has 0 aromatic rings. The van der Waals surface area contributed by atoms with E-state index in [1.165, 1.54) is 36.5 Å². The maximum atomic E-state index is 2.51. The Balaban J connectivity index is 2.25. The molecule has 0 aliphatic heterocycles. The Labute approximate surface area is 84.3 Å². The first-order chi connectivity index (χ1) is 5.25. The monoisotopic (exact) mass is 266 g/mol. The van der Waals surface area contributed by atoms with E-state index in [4.69, 9.17) is 0 Å². The normalized spacial score (nSPS) is 35.7. The molecule has 1 saturated carbocycles. The molecule has 66 valence electrons. The summed E-state index contributed by atoms with van der Waals surface area (Å²) in [6.45, 7) is 4.72. The molecule has 0 bridgehead atoms. The van der Waals surface area contributed by atoms with Crippen LogP contribution in [0, 0.1) is 11.3 Å². The van der Waals surface area contributed by atoms with Crippen LogP contribution in [0.4, 0.5) is 0 Å². The van der Waals surface area contributed by atoms with Crippen molar-refractivity contribution in [3.05, 3.63) is 0 Å². The van der Waals surface area contributed by atoms with Gasteiger partial charge in [-0.2, -0.15) is 0 Å². The lowest BCUT2D eigenvalue weighted by Gasteiger charge is -2.13. The molecule has 0 amide bonds. The standard InChI is InChI=1S/C10H19I/c1-3-4-5-10(6-7-11)8-9(10)2/h9H,3-8H2,1-2H3. The molecule has 1 aliphatic rings. The lowest BCUT2D eigenvalue weighted by Crippen LogP contribution is -2.03. The van der Waals surface area contributed by atoms with Crippen molar-refractivity contribution in [2.75, 3.05) is 4.43 Å². The van der Waals surface area contributed by atoms with Crippen LogP contribution in [0.15, 0.2) is 0 Å². The molecule has 1 rings (SSSR count). The highest BCUT2D eigenvalue weighted by Gasteiger charge is 2.48. The largest absolute Gasteiger partial charge is 0.0864 e. The summed E-state index contributed by atoms with van der Waals surface area (Å²) >= 11 is 2.51. The Hall–Kier alpha value is 0.730. The molecule has 0 aromatic heterocycles. The van der Waals surface area contributed by atoms with Crippen molar-refractivity contribution in [1.29, 1.82) is 0 Å². The molecule has 11 heavy (non-hydrogen) atoms. The van der Waals surface area contributed by atoms with Crippen molar-refractivity contribution >= 4 is 22.6 Å². The molecule has 0 radical (unpaired) electrons. The summed E-state index contributed by atoms with van der Waals surface area (Å²) in [5.41, 5.74) is 0.803. The zero-order chi connectivity index (χ0) is 8.32. The van der Waals surface area contributed by atoms with E-state index in [1.54, 1.807) is 0 Å². The van der Waals surface area contributed by atoms with Crippen molar-refractivity contribution in [2.24, 2.45) is 11.3 Å². The van der Waals surface area contributed by atoms with Gasteiger partial charge in [0, 0.05) is 4.43 Å². The summed E-state index contributed by atoms with van der Waals surface area (Å²) in [6.07, 6.45) is 7.29. The van der Waals surface area contributed by atoms with Crippen molar-refractivity contribution in [2.45, 2.75) is 46.0 Å². The molecule has 0 saturated heterocycles. The minimum atomic E-state index is 0.803. The van der Waals surface area contributed by atoms with E-state index in [0.717, 1.165) is 11.3 Å². The van der Waals surface area contributed by atoms with Gasteiger partial charge in [-0.05, 0) is 30.6 Å². The third-order valence-electron chi connectivity index (χ3n) is 3.22. The number of rotatable bonds is 5. The SMILES string of the molecule is CCCCC1(CCI)CC1C. The van der Waals surface area contributed by atoms with Crippen LogP contribution in [0.1, 0.15) is 46.0 Å². The third kappa shape index (κ3) is 2.33. The average Bonchev–Trinajstić information content (AvgIpc) is 2.59. The van der Waals surface area contributed by atoms with E-state index in [2.05, 4.69) is 36.4 Å². The summed E-state index contributed by atoms with van der Waals surface area (Å²) in [7, 11) is 0. The highest BCUT2D eigenvalue weighted by atomic mass is 127. The van der Waals surface area contributed by atoms with E-state index in [-0.39, 0.29) is 0 Å². The average molecular weight is 266 g/mol. The summed E-state index contributed by atoms with van der Waals surface area (Å²) < 4.78 is 1.35. The van der Waals surface area contributed by atoms with E-state index >= 15 is 0 Å². The van der Waals surface area contributed by atoms with Gasteiger partial charge in [-0.25, -0.2) is 0 Å². The molecule has 0 aromatic carbocycles. The van der Waals surface area contributed by atoms with Gasteiger partial charge in [0.15, 0.2) is 0 Å². The number of halogens is 1. The number of hydrogen-bond acceptors (Lipinski definition) is 0. The second-order valence-corrected chi connectivity index (χ2v) is 5.09. The van der Waals surface area contributed by atoms with Crippen LogP contribution in [-0.4, -0.2) is 4.43 Å². The van der Waals surface area contributed by atoms with Crippen molar-refractivity contribution in [3.63, 3.8) is 0 Å². The molecule has 1 aliphatic carbocycles. The van der Waals surface area contributed by atoms with Gasteiger partial charge in [-0.1, -0.05) is 49.3 Å². The molecule has 1 heteroatoms. The highest BCUT2D eigenvalue weighted by Crippen LogP contribution is 2.58. The third-order valence-corrected chi connectivity index (χ3v) is 3.76. The van der Waals surface area contributed by atoms with E-state index in [0.29, 0.717) is 0 Å². The van der Waals surface area contributed by atoms with Crippen molar-refractivity contribution < 1.29 is 0 Å². The van der Waals surface area contributed by atoms with Gasteiger partial charge in [0.1, 0.15) is 0 Å². The second-order valence-electron chi connectivity index (χ2n) is 4.01. The Morgan fingerprint density at radius 2 is 2.09 bits per heavy atom. The zero-order valence-corrected chi connectivity index (χ0v) is 9.86. The van der Waals surface area contributed by atoms with Crippen LogP contribution >= 0.6 is 22.6 Å². The predicted octanol–water partition coefficient (Wildman–Crippen LogP) is 4.03. The smallest absolute Gasteiger partial charge is 0.0000658 e. The molecule has 2 atom stereocenters. The van der Waals surface area contributed by atoms with E-state index < -0.39 is 0 Å². The highest BCUT2D eigenvalue weighted by molar-refractivity contribution is 14.1. The van der Waals surface area contributed by atoms with Crippen LogP contribution in [0.25, 0.3) is 0 Å². The number of hydrogen-bond donors (Lipinski definition) is 0. The van der Waals surface area contributed by atoms with Gasteiger partial charge in [-0.15, -0.1) is 0 Å². The van der Waals surface area contributed by atoms with Gasteiger partial charge in [0.05, 0.1) is 0 Å². The Morgan fingerprint density at radius 3 is 2.45 bits per heavy atom. The first-order valence-electron chi connectivity index (χ1n) is 4.81. The van der Waals surface area contributed by atoms with Gasteiger partial charge < -0.3 is 0 Å². The predicted molar refractivity (Wildman–Crippen MR) is 59.2 cm³/mol. The molecular formula is C10H19I. The lowest BCUT2D eigenvalue weighted by atomic mass is 9.94. The van der Waals surface area contributed by atoms with Crippen molar-refractivity contribution in [3.8, 4) is 0 Å². The van der Waals surface area contributed by atoms with Gasteiger partial charge in [-0.3, -0.25) is 0 Å². The van der Waals surface area contributed by atoms with Crippen LogP contribution in [0.5, 0.6) is 0 Å². The quantitative estimate of drug-likeness (QED) is 0.520. The number of alkyl halides is 1. The van der Waals surface area contributed by atoms with Gasteiger partial charge >= 0.3 is 0 Å². The Morgan fingerprint density at radius 1 is 1.45 bits per heavy atom. The fourth-order valence-corrected chi connectivity index (χ4v) is 3.16. The maximum absolute atomic E-state index is 2.51. The van der Waals surface area contributed by atoms with Crippen LogP contribution in [0.3, 0.4) is 0 Å². The van der Waals surface area contributed by atoms with Crippen LogP contribution in [0.2, 0.25) is 0 Å². The molecule has 0 spiro atoms. The van der Waals surface area contributed by atoms with Crippen molar-refractivity contribution in [1.82, 2.24) is 0 Å². The fourth-order valence-electron chi connectivity index (χ4n) is 2.09. The summed E-state index contributed by atoms with van der Waals surface area (Å²) in [5, 5.41) is 0. The zero-order valence-electron chi connectivity index (χ0n) is 7.70. The first-order valence-corrected chi connectivity index (χ1v) is 6.33. The van der Waals surface area contributed by atoms with Gasteiger partial charge in [0.25, 0.3) is 0 Å². The van der Waals surface area contributed by atoms with Gasteiger partial charge in [0.2, 0.25) is 0 Å². The topological polar surface area (TPSA) is 0 Å². The van der Waals surface area contributed by atoms with E-state index in [9.17, 15) is 0 Å². The van der Waals surface area contributed by atoms with E-state index in [1.807, 2.05) is 0 Å².